The van der Waals surface area contributed by atoms with E-state index in [4.69, 9.17) is 4.74 Å². The molecule has 1 saturated heterocycles. The first-order valence-electron chi connectivity index (χ1n) is 7.56. The molecular weight excluding hydrogens is 264 g/mol. The van der Waals surface area contributed by atoms with Crippen LogP contribution in [0.25, 0.3) is 0 Å². The lowest BCUT2D eigenvalue weighted by Gasteiger charge is -2.20. The summed E-state index contributed by atoms with van der Waals surface area (Å²) in [5.41, 5.74) is 2.75. The highest BCUT2D eigenvalue weighted by molar-refractivity contribution is 5.62. The third-order valence-electron chi connectivity index (χ3n) is 4.73. The average Bonchev–Trinajstić information content (AvgIpc) is 3.10. The second kappa shape index (κ2) is 5.87. The van der Waals surface area contributed by atoms with E-state index >= 15 is 0 Å². The highest BCUT2D eigenvalue weighted by Gasteiger charge is 2.27. The van der Waals surface area contributed by atoms with Crippen molar-refractivity contribution in [1.82, 2.24) is 4.90 Å². The van der Waals surface area contributed by atoms with Crippen LogP contribution in [-0.2, 0) is 17.6 Å². The van der Waals surface area contributed by atoms with E-state index in [0.29, 0.717) is 30.4 Å². The maximum absolute atomic E-state index is 11.0. The number of hydrogen-bond acceptors (Lipinski definition) is 4. The number of aldehydes is 1. The van der Waals surface area contributed by atoms with Crippen LogP contribution >= 0.6 is 0 Å². The van der Waals surface area contributed by atoms with Crippen LogP contribution in [-0.4, -0.2) is 37.4 Å². The van der Waals surface area contributed by atoms with Crippen molar-refractivity contribution in [2.45, 2.75) is 31.7 Å². The van der Waals surface area contributed by atoms with Crippen LogP contribution in [0.1, 0.15) is 29.5 Å². The fraction of sp³-hybridized carbons (Fsp3) is 0.529. The lowest BCUT2D eigenvalue weighted by Crippen LogP contribution is -2.30. The second-order valence-electron chi connectivity index (χ2n) is 6.08. The zero-order valence-electron chi connectivity index (χ0n) is 12.3. The Morgan fingerprint density at radius 3 is 3.00 bits per heavy atom. The van der Waals surface area contributed by atoms with Crippen molar-refractivity contribution in [1.29, 1.82) is 5.26 Å². The third kappa shape index (κ3) is 2.66. The molecule has 1 aliphatic heterocycles. The Balaban J connectivity index is 1.78. The zero-order valence-corrected chi connectivity index (χ0v) is 12.3. The summed E-state index contributed by atoms with van der Waals surface area (Å²) in [5, 5.41) is 9.46. The number of nitrogens with zero attached hydrogens (tertiary/aromatic N) is 2. The normalized spacial score (nSPS) is 24.6. The van der Waals surface area contributed by atoms with Gasteiger partial charge < -0.3 is 14.4 Å². The molecule has 2 unspecified atom stereocenters. The number of carbonyl (C=O) groups excluding carboxylic acids is 1. The standard InChI is InChI=1S/C17H20N2O2/c1-19-6-2-3-14(19)11-21-17-5-4-13-7-12(10-20)8-15(13)16(17)9-18/h4-5,10,12,14H,2-3,6-8,11H2,1H3. The summed E-state index contributed by atoms with van der Waals surface area (Å²) in [6.07, 6.45) is 4.77. The molecule has 3 rings (SSSR count). The number of likely N-dealkylation sites (N-methyl/N-ethyl adjacent to an activating group) is 1. The molecule has 4 nitrogen and oxygen atoms in total. The number of nitriles is 1. The fourth-order valence-electron chi connectivity index (χ4n) is 3.43. The summed E-state index contributed by atoms with van der Waals surface area (Å²) in [4.78, 5) is 13.3. The number of benzene rings is 1. The topological polar surface area (TPSA) is 53.3 Å². The lowest BCUT2D eigenvalue weighted by atomic mass is 10.0. The Hall–Kier alpha value is -1.86. The molecule has 110 valence electrons. The molecule has 0 saturated carbocycles. The molecule has 4 heteroatoms. The molecule has 1 aromatic rings. The van der Waals surface area contributed by atoms with Crippen LogP contribution < -0.4 is 4.74 Å². The zero-order chi connectivity index (χ0) is 14.8. The lowest BCUT2D eigenvalue weighted by molar-refractivity contribution is -0.110. The predicted octanol–water partition coefficient (Wildman–Crippen LogP) is 1.94. The van der Waals surface area contributed by atoms with Crippen molar-refractivity contribution in [3.8, 4) is 11.8 Å². The molecule has 0 aromatic heterocycles. The summed E-state index contributed by atoms with van der Waals surface area (Å²) in [6.45, 7) is 1.74. The molecule has 21 heavy (non-hydrogen) atoms. The molecule has 1 aliphatic carbocycles. The number of fused-ring (bicyclic) bond motifs is 1. The molecule has 1 fully saturated rings. The number of carbonyl (C=O) groups is 1. The maximum Gasteiger partial charge on any atom is 0.137 e. The highest BCUT2D eigenvalue weighted by atomic mass is 16.5. The second-order valence-corrected chi connectivity index (χ2v) is 6.08. The molecule has 1 aromatic carbocycles. The van der Waals surface area contributed by atoms with Gasteiger partial charge in [0.2, 0.25) is 0 Å². The van der Waals surface area contributed by atoms with Crippen molar-refractivity contribution < 1.29 is 9.53 Å². The van der Waals surface area contributed by atoms with Crippen molar-refractivity contribution in [3.05, 3.63) is 28.8 Å². The van der Waals surface area contributed by atoms with Gasteiger partial charge in [-0.05, 0) is 56.5 Å². The smallest absolute Gasteiger partial charge is 0.137 e. The molecule has 0 amide bonds. The van der Waals surface area contributed by atoms with Gasteiger partial charge in [-0.3, -0.25) is 0 Å². The van der Waals surface area contributed by atoms with Crippen LogP contribution in [0, 0.1) is 17.2 Å². The van der Waals surface area contributed by atoms with Crippen LogP contribution in [0.5, 0.6) is 5.75 Å². The van der Waals surface area contributed by atoms with E-state index in [0.717, 1.165) is 36.8 Å². The van der Waals surface area contributed by atoms with Crippen molar-refractivity contribution >= 4 is 6.29 Å². The summed E-state index contributed by atoms with van der Waals surface area (Å²) in [6, 6.07) is 6.61. The number of ether oxygens (including phenoxy) is 1. The van der Waals surface area contributed by atoms with E-state index in [1.165, 1.54) is 6.42 Å². The quantitative estimate of drug-likeness (QED) is 0.793. The molecule has 1 heterocycles. The first-order chi connectivity index (χ1) is 10.2. The first-order valence-corrected chi connectivity index (χ1v) is 7.56. The third-order valence-corrected chi connectivity index (χ3v) is 4.73. The monoisotopic (exact) mass is 284 g/mol. The first kappa shape index (κ1) is 14.1. The molecule has 0 radical (unpaired) electrons. The Bertz CT molecular complexity index is 591. The molecule has 2 aliphatic rings. The van der Waals surface area contributed by atoms with E-state index in [1.54, 1.807) is 0 Å². The highest BCUT2D eigenvalue weighted by Crippen LogP contribution is 2.33. The molecule has 0 bridgehead atoms. The van der Waals surface area contributed by atoms with Gasteiger partial charge in [0.15, 0.2) is 0 Å². The van der Waals surface area contributed by atoms with Crippen LogP contribution in [0.3, 0.4) is 0 Å². The molecular formula is C17H20N2O2. The van der Waals surface area contributed by atoms with E-state index in [2.05, 4.69) is 18.0 Å². The van der Waals surface area contributed by atoms with E-state index < -0.39 is 0 Å². The predicted molar refractivity (Wildman–Crippen MR) is 79.3 cm³/mol. The molecule has 2 atom stereocenters. The average molecular weight is 284 g/mol. The van der Waals surface area contributed by atoms with Gasteiger partial charge in [-0.1, -0.05) is 6.07 Å². The van der Waals surface area contributed by atoms with Crippen molar-refractivity contribution in [3.63, 3.8) is 0 Å². The van der Waals surface area contributed by atoms with Gasteiger partial charge >= 0.3 is 0 Å². The number of hydrogen-bond donors (Lipinski definition) is 0. The van der Waals surface area contributed by atoms with Gasteiger partial charge in [-0.15, -0.1) is 0 Å². The Morgan fingerprint density at radius 2 is 2.33 bits per heavy atom. The maximum atomic E-state index is 11.0. The van der Waals surface area contributed by atoms with Gasteiger partial charge in [0, 0.05) is 12.0 Å². The van der Waals surface area contributed by atoms with Gasteiger partial charge in [-0.25, -0.2) is 0 Å². The number of likely N-dealkylation sites (tertiary alicyclic amines) is 1. The summed E-state index contributed by atoms with van der Waals surface area (Å²) < 4.78 is 5.92. The molecule has 0 N–H and O–H groups in total. The van der Waals surface area contributed by atoms with Gasteiger partial charge in [0.1, 0.15) is 24.7 Å². The van der Waals surface area contributed by atoms with Crippen LogP contribution in [0.4, 0.5) is 0 Å². The minimum Gasteiger partial charge on any atom is -0.491 e. The Morgan fingerprint density at radius 1 is 1.48 bits per heavy atom. The Kier molecular flexibility index (Phi) is 3.94. The molecule has 0 spiro atoms. The van der Waals surface area contributed by atoms with E-state index in [-0.39, 0.29) is 5.92 Å². The van der Waals surface area contributed by atoms with Gasteiger partial charge in [-0.2, -0.15) is 5.26 Å². The van der Waals surface area contributed by atoms with Crippen molar-refractivity contribution in [2.75, 3.05) is 20.2 Å². The summed E-state index contributed by atoms with van der Waals surface area (Å²) in [5.74, 6) is 0.686. The largest absolute Gasteiger partial charge is 0.491 e. The fourth-order valence-corrected chi connectivity index (χ4v) is 3.43. The van der Waals surface area contributed by atoms with Gasteiger partial charge in [0.05, 0.1) is 5.56 Å². The number of rotatable bonds is 4. The van der Waals surface area contributed by atoms with Gasteiger partial charge in [0.25, 0.3) is 0 Å². The summed E-state index contributed by atoms with van der Waals surface area (Å²) >= 11 is 0. The Labute approximate surface area is 125 Å². The minimum atomic E-state index is 0.0170. The minimum absolute atomic E-state index is 0.0170. The SMILES string of the molecule is CN1CCCC1COc1ccc2c(c1C#N)CC(C=O)C2. The van der Waals surface area contributed by atoms with Crippen molar-refractivity contribution in [2.24, 2.45) is 5.92 Å². The van der Waals surface area contributed by atoms with E-state index in [1.807, 2.05) is 12.1 Å². The van der Waals surface area contributed by atoms with E-state index in [9.17, 15) is 10.1 Å². The van der Waals surface area contributed by atoms with Crippen LogP contribution in [0.15, 0.2) is 12.1 Å². The summed E-state index contributed by atoms with van der Waals surface area (Å²) in [7, 11) is 2.11. The van der Waals surface area contributed by atoms with Crippen LogP contribution in [0.2, 0.25) is 0 Å².